The number of carbonyl (C=O) groups is 1. The van der Waals surface area contributed by atoms with Crippen molar-refractivity contribution in [2.24, 2.45) is 0 Å². The number of amides is 1. The van der Waals surface area contributed by atoms with Crippen LogP contribution in [0.15, 0.2) is 24.3 Å². The molecule has 2 rings (SSSR count). The Bertz CT molecular complexity index is 525. The highest BCUT2D eigenvalue weighted by Gasteiger charge is 2.29. The largest absolute Gasteiger partial charge is 0.273 e. The molecule has 1 aromatic carbocycles. The third-order valence-corrected chi connectivity index (χ3v) is 3.65. The molecule has 1 heterocycles. The first-order valence-electron chi connectivity index (χ1n) is 4.94. The van der Waals surface area contributed by atoms with Crippen molar-refractivity contribution in [3.05, 3.63) is 29.8 Å². The summed E-state index contributed by atoms with van der Waals surface area (Å²) >= 11 is 0. The zero-order valence-electron chi connectivity index (χ0n) is 8.80. The Kier molecular flexibility index (Phi) is 2.69. The Morgan fingerprint density at radius 1 is 1.38 bits per heavy atom. The summed E-state index contributed by atoms with van der Waals surface area (Å²) in [7, 11) is -3.42. The van der Waals surface area contributed by atoms with Crippen LogP contribution in [0.4, 0.5) is 5.69 Å². The predicted octanol–water partition coefficient (Wildman–Crippen LogP) is 0.430. The van der Waals surface area contributed by atoms with Crippen LogP contribution >= 0.6 is 0 Å². The molecule has 0 aromatic heterocycles. The van der Waals surface area contributed by atoms with E-state index in [1.807, 2.05) is 12.1 Å². The average Bonchev–Trinajstić information content (AvgIpc) is 2.56. The third kappa shape index (κ3) is 1.94. The number of sulfonamides is 1. The molecule has 1 amide bonds. The van der Waals surface area contributed by atoms with Gasteiger partial charge in [-0.05, 0) is 18.6 Å². The molecule has 1 N–H and O–H groups in total. The molecule has 0 fully saturated rings. The first kappa shape index (κ1) is 11.1. The summed E-state index contributed by atoms with van der Waals surface area (Å²) in [6.07, 6.45) is 0.238. The number of hydrazine groups is 1. The Morgan fingerprint density at radius 3 is 2.75 bits per heavy atom. The van der Waals surface area contributed by atoms with Gasteiger partial charge in [0, 0.05) is 0 Å². The number of hydrogen-bond donors (Lipinski definition) is 1. The van der Waals surface area contributed by atoms with E-state index >= 15 is 0 Å². The van der Waals surface area contributed by atoms with Crippen molar-refractivity contribution in [2.75, 3.05) is 10.8 Å². The molecule has 1 aliphatic rings. The first-order chi connectivity index (χ1) is 7.53. The molecular weight excluding hydrogens is 228 g/mol. The second-order valence-electron chi connectivity index (χ2n) is 3.53. The van der Waals surface area contributed by atoms with Crippen molar-refractivity contribution >= 4 is 21.6 Å². The number of anilines is 1. The Balaban J connectivity index is 2.33. The SMILES string of the molecule is CCS(=O)(=O)NN1C(=O)Cc2ccccc21. The maximum atomic E-state index is 11.6. The quantitative estimate of drug-likeness (QED) is 0.833. The molecule has 0 saturated heterocycles. The van der Waals surface area contributed by atoms with Gasteiger partial charge in [-0.2, -0.15) is 0 Å². The minimum absolute atomic E-state index is 0.0566. The summed E-state index contributed by atoms with van der Waals surface area (Å²) in [5.41, 5.74) is 1.45. The van der Waals surface area contributed by atoms with Crippen molar-refractivity contribution < 1.29 is 13.2 Å². The Hall–Kier alpha value is -1.40. The Morgan fingerprint density at radius 2 is 2.06 bits per heavy atom. The number of nitrogens with zero attached hydrogens (tertiary/aromatic N) is 1. The van der Waals surface area contributed by atoms with Gasteiger partial charge in [0.05, 0.1) is 17.9 Å². The summed E-state index contributed by atoms with van der Waals surface area (Å²) in [6.45, 7) is 1.52. The zero-order chi connectivity index (χ0) is 11.8. The Labute approximate surface area is 94.1 Å². The van der Waals surface area contributed by atoms with Gasteiger partial charge >= 0.3 is 0 Å². The van der Waals surface area contributed by atoms with Crippen molar-refractivity contribution in [3.8, 4) is 0 Å². The van der Waals surface area contributed by atoms with E-state index in [1.54, 1.807) is 12.1 Å². The predicted molar refractivity (Wildman–Crippen MR) is 60.2 cm³/mol. The molecule has 0 spiro atoms. The van der Waals surface area contributed by atoms with E-state index in [2.05, 4.69) is 4.83 Å². The summed E-state index contributed by atoms with van der Waals surface area (Å²) in [6, 6.07) is 7.13. The smallest absolute Gasteiger partial charge is 0.246 e. The van der Waals surface area contributed by atoms with Gasteiger partial charge in [0.2, 0.25) is 15.9 Å². The van der Waals surface area contributed by atoms with E-state index in [1.165, 1.54) is 6.92 Å². The van der Waals surface area contributed by atoms with E-state index in [0.717, 1.165) is 10.6 Å². The monoisotopic (exact) mass is 240 g/mol. The molecular formula is C10H12N2O3S. The highest BCUT2D eigenvalue weighted by molar-refractivity contribution is 7.89. The lowest BCUT2D eigenvalue weighted by Crippen LogP contribution is -2.44. The van der Waals surface area contributed by atoms with Gasteiger partial charge in [0.1, 0.15) is 0 Å². The standard InChI is InChI=1S/C10H12N2O3S/c1-2-16(14,15)11-12-9-6-4-3-5-8(9)7-10(12)13/h3-6,11H,2,7H2,1H3. The van der Waals surface area contributed by atoms with E-state index in [0.29, 0.717) is 5.69 Å². The zero-order valence-corrected chi connectivity index (χ0v) is 9.62. The molecule has 0 radical (unpaired) electrons. The van der Waals surface area contributed by atoms with Crippen molar-refractivity contribution in [1.29, 1.82) is 0 Å². The van der Waals surface area contributed by atoms with Gasteiger partial charge in [-0.25, -0.2) is 13.4 Å². The van der Waals surface area contributed by atoms with Crippen LogP contribution in [0.3, 0.4) is 0 Å². The number of hydrogen-bond acceptors (Lipinski definition) is 3. The molecule has 5 nitrogen and oxygen atoms in total. The van der Waals surface area contributed by atoms with Crippen LogP contribution in [0, 0.1) is 0 Å². The van der Waals surface area contributed by atoms with Crippen LogP contribution in [0.1, 0.15) is 12.5 Å². The van der Waals surface area contributed by atoms with E-state index in [-0.39, 0.29) is 18.1 Å². The fourth-order valence-corrected chi connectivity index (χ4v) is 2.17. The van der Waals surface area contributed by atoms with Crippen LogP contribution in [-0.4, -0.2) is 20.1 Å². The van der Waals surface area contributed by atoms with Gasteiger partial charge in [-0.1, -0.05) is 18.2 Å². The summed E-state index contributed by atoms with van der Waals surface area (Å²) < 4.78 is 22.8. The minimum atomic E-state index is -3.42. The van der Waals surface area contributed by atoms with Crippen molar-refractivity contribution in [1.82, 2.24) is 4.83 Å². The second-order valence-corrected chi connectivity index (χ2v) is 5.52. The van der Waals surface area contributed by atoms with Crippen LogP contribution in [0.5, 0.6) is 0 Å². The fourth-order valence-electron chi connectivity index (χ4n) is 1.56. The maximum absolute atomic E-state index is 11.6. The summed E-state index contributed by atoms with van der Waals surface area (Å²) in [4.78, 5) is 13.9. The van der Waals surface area contributed by atoms with E-state index in [9.17, 15) is 13.2 Å². The van der Waals surface area contributed by atoms with Crippen LogP contribution in [0.2, 0.25) is 0 Å². The second kappa shape index (κ2) is 3.88. The summed E-state index contributed by atoms with van der Waals surface area (Å²) in [5.74, 6) is -0.308. The summed E-state index contributed by atoms with van der Waals surface area (Å²) in [5, 5.41) is 1.11. The molecule has 0 aliphatic carbocycles. The average molecular weight is 240 g/mol. The lowest BCUT2D eigenvalue weighted by molar-refractivity contribution is -0.117. The maximum Gasteiger partial charge on any atom is 0.246 e. The molecule has 6 heteroatoms. The van der Waals surface area contributed by atoms with Crippen molar-refractivity contribution in [2.45, 2.75) is 13.3 Å². The van der Waals surface area contributed by atoms with Crippen LogP contribution in [-0.2, 0) is 21.2 Å². The third-order valence-electron chi connectivity index (χ3n) is 2.43. The number of nitrogens with one attached hydrogen (secondary N) is 1. The molecule has 16 heavy (non-hydrogen) atoms. The molecule has 0 bridgehead atoms. The molecule has 0 atom stereocenters. The molecule has 1 aromatic rings. The van der Waals surface area contributed by atoms with E-state index < -0.39 is 10.0 Å². The van der Waals surface area contributed by atoms with E-state index in [4.69, 9.17) is 0 Å². The molecule has 0 unspecified atom stereocenters. The van der Waals surface area contributed by atoms with Gasteiger partial charge < -0.3 is 0 Å². The van der Waals surface area contributed by atoms with Crippen molar-refractivity contribution in [3.63, 3.8) is 0 Å². The fraction of sp³-hybridized carbons (Fsp3) is 0.300. The molecule has 1 aliphatic heterocycles. The van der Waals surface area contributed by atoms with Gasteiger partial charge in [-0.3, -0.25) is 4.79 Å². The number of carbonyl (C=O) groups excluding carboxylic acids is 1. The number of para-hydroxylation sites is 1. The normalized spacial score (nSPS) is 15.3. The lowest BCUT2D eigenvalue weighted by atomic mass is 10.2. The molecule has 0 saturated carbocycles. The van der Waals surface area contributed by atoms with Crippen LogP contribution < -0.4 is 9.84 Å². The number of rotatable bonds is 3. The lowest BCUT2D eigenvalue weighted by Gasteiger charge is -2.17. The first-order valence-corrected chi connectivity index (χ1v) is 6.59. The van der Waals surface area contributed by atoms with Gasteiger partial charge in [-0.15, -0.1) is 4.83 Å². The highest BCUT2D eigenvalue weighted by atomic mass is 32.2. The van der Waals surface area contributed by atoms with Gasteiger partial charge in [0.25, 0.3) is 0 Å². The minimum Gasteiger partial charge on any atom is -0.273 e. The van der Waals surface area contributed by atoms with Crippen LogP contribution in [0.25, 0.3) is 0 Å². The number of fused-ring (bicyclic) bond motifs is 1. The number of benzene rings is 1. The van der Waals surface area contributed by atoms with Gasteiger partial charge in [0.15, 0.2) is 0 Å². The molecule has 86 valence electrons. The topological polar surface area (TPSA) is 66.5 Å². The highest BCUT2D eigenvalue weighted by Crippen LogP contribution is 2.26.